The van der Waals surface area contributed by atoms with Gasteiger partial charge in [0, 0.05) is 18.2 Å². The normalized spacial score (nSPS) is 22.6. The van der Waals surface area contributed by atoms with Crippen LogP contribution in [0.3, 0.4) is 0 Å². The Labute approximate surface area is 197 Å². The molecule has 0 spiro atoms. The number of hydrogen-bond donors (Lipinski definition) is 2. The first-order valence-corrected chi connectivity index (χ1v) is 12.6. The van der Waals surface area contributed by atoms with Crippen molar-refractivity contribution in [3.8, 4) is 11.6 Å². The second-order valence-electron chi connectivity index (χ2n) is 8.05. The lowest BCUT2D eigenvalue weighted by atomic mass is 10.1. The Morgan fingerprint density at radius 1 is 1.35 bits per heavy atom. The number of rotatable bonds is 11. The predicted molar refractivity (Wildman–Crippen MR) is 122 cm³/mol. The van der Waals surface area contributed by atoms with Crippen LogP contribution in [-0.4, -0.2) is 46.0 Å². The fourth-order valence-corrected chi connectivity index (χ4v) is 4.99. The molecule has 186 valence electrons. The summed E-state index contributed by atoms with van der Waals surface area (Å²) in [4.78, 5) is 27.8. The van der Waals surface area contributed by atoms with E-state index in [2.05, 4.69) is 10.1 Å². The number of carbonyl (C=O) groups is 1. The van der Waals surface area contributed by atoms with Crippen LogP contribution in [0.25, 0.3) is 0 Å². The molecule has 11 nitrogen and oxygen atoms in total. The van der Waals surface area contributed by atoms with Crippen molar-refractivity contribution in [2.75, 3.05) is 13.2 Å². The first-order chi connectivity index (χ1) is 16.2. The average molecular weight is 495 g/mol. The van der Waals surface area contributed by atoms with Gasteiger partial charge in [0.2, 0.25) is 5.88 Å². The number of ether oxygens (including phenoxy) is 2. The van der Waals surface area contributed by atoms with Crippen molar-refractivity contribution in [3.63, 3.8) is 0 Å². The Morgan fingerprint density at radius 2 is 2.09 bits per heavy atom. The Kier molecular flexibility index (Phi) is 8.84. The molecule has 34 heavy (non-hydrogen) atoms. The Bertz CT molecular complexity index is 1060. The lowest BCUT2D eigenvalue weighted by molar-refractivity contribution is -0.145. The number of para-hydroxylation sites is 1. The maximum absolute atomic E-state index is 13.5. The van der Waals surface area contributed by atoms with Gasteiger partial charge in [0.05, 0.1) is 19.3 Å². The summed E-state index contributed by atoms with van der Waals surface area (Å²) in [6.45, 7) is 5.41. The minimum absolute atomic E-state index is 0.0806. The molecule has 2 heterocycles. The van der Waals surface area contributed by atoms with Crippen molar-refractivity contribution < 1.29 is 33.0 Å². The summed E-state index contributed by atoms with van der Waals surface area (Å²) >= 11 is 0. The molecule has 2 N–H and O–H groups in total. The highest BCUT2D eigenvalue weighted by Gasteiger charge is 2.38. The van der Waals surface area contributed by atoms with Crippen LogP contribution in [0.4, 0.5) is 0 Å². The van der Waals surface area contributed by atoms with Crippen molar-refractivity contribution in [1.29, 1.82) is 0 Å². The predicted octanol–water partition coefficient (Wildman–Crippen LogP) is 3.01. The zero-order valence-corrected chi connectivity index (χ0v) is 20.2. The van der Waals surface area contributed by atoms with E-state index in [0.717, 1.165) is 0 Å². The molecular weight excluding hydrogens is 465 g/mol. The molecule has 0 amide bonds. The molecule has 12 heteroatoms. The molecule has 1 aliphatic heterocycles. The molecule has 1 aromatic heterocycles. The Morgan fingerprint density at radius 3 is 2.76 bits per heavy atom. The van der Waals surface area contributed by atoms with E-state index in [0.29, 0.717) is 18.6 Å². The first kappa shape index (κ1) is 25.9. The van der Waals surface area contributed by atoms with E-state index in [1.165, 1.54) is 23.8 Å². The molecular formula is C22H30N3O8P. The SMILES string of the molecule is CCCOC(=O)[C@H](C)N[P@](=O)(OCC1C[C@H](C)[C@H](n2ccc(O)nc2=O)O1)Oc1ccccc1. The zero-order valence-electron chi connectivity index (χ0n) is 19.3. The third kappa shape index (κ3) is 6.89. The highest BCUT2D eigenvalue weighted by atomic mass is 31.2. The van der Waals surface area contributed by atoms with Crippen LogP contribution in [-0.2, 0) is 23.4 Å². The third-order valence-electron chi connectivity index (χ3n) is 5.10. The minimum Gasteiger partial charge on any atom is -0.493 e. The molecule has 1 aliphatic rings. The topological polar surface area (TPSA) is 138 Å². The van der Waals surface area contributed by atoms with Crippen LogP contribution in [0.1, 0.15) is 39.8 Å². The quantitative estimate of drug-likeness (QED) is 0.353. The fraction of sp³-hybridized carbons (Fsp3) is 0.500. The molecule has 2 aromatic rings. The van der Waals surface area contributed by atoms with Gasteiger partial charge in [-0.3, -0.25) is 13.9 Å². The number of esters is 1. The van der Waals surface area contributed by atoms with Crippen LogP contribution in [0.15, 0.2) is 47.4 Å². The number of hydrogen-bond acceptors (Lipinski definition) is 9. The molecule has 3 rings (SSSR count). The molecule has 1 saturated heterocycles. The summed E-state index contributed by atoms with van der Waals surface area (Å²) in [5, 5.41) is 12.0. The number of carbonyl (C=O) groups excluding carboxylic acids is 1. The Balaban J connectivity index is 1.69. The van der Waals surface area contributed by atoms with Crippen LogP contribution in [0.5, 0.6) is 11.6 Å². The molecule has 0 radical (unpaired) electrons. The lowest BCUT2D eigenvalue weighted by Crippen LogP contribution is -2.35. The van der Waals surface area contributed by atoms with E-state index in [9.17, 15) is 19.3 Å². The minimum atomic E-state index is -4.01. The van der Waals surface area contributed by atoms with Gasteiger partial charge >= 0.3 is 19.4 Å². The average Bonchev–Trinajstić information content (AvgIpc) is 3.17. The van der Waals surface area contributed by atoms with Crippen molar-refractivity contribution in [3.05, 3.63) is 53.1 Å². The molecule has 1 aromatic carbocycles. The van der Waals surface area contributed by atoms with Gasteiger partial charge in [-0.15, -0.1) is 0 Å². The largest absolute Gasteiger partial charge is 0.493 e. The summed E-state index contributed by atoms with van der Waals surface area (Å²) in [5.74, 6) is -0.730. The first-order valence-electron chi connectivity index (χ1n) is 11.1. The van der Waals surface area contributed by atoms with E-state index >= 15 is 0 Å². The summed E-state index contributed by atoms with van der Waals surface area (Å²) in [6, 6.07) is 8.80. The number of aromatic hydroxyl groups is 1. The standard InChI is InChI=1S/C22H30N3O8P/c1-4-12-30-21(27)16(3)24-34(29,33-17-8-6-5-7-9-17)31-14-18-13-15(2)20(32-18)25-11-10-19(26)23-22(25)28/h5-11,15-16,18,20H,4,12-14H2,1-3H3,(H,24,29)(H,23,26,28)/t15-,16-,18?,20+,34-/m0/s1. The second kappa shape index (κ2) is 11.6. The molecule has 1 fully saturated rings. The summed E-state index contributed by atoms with van der Waals surface area (Å²) in [6.07, 6.45) is 1.45. The van der Waals surface area contributed by atoms with Gasteiger partial charge in [0.1, 0.15) is 18.0 Å². The van der Waals surface area contributed by atoms with Gasteiger partial charge in [0.15, 0.2) is 0 Å². The summed E-state index contributed by atoms with van der Waals surface area (Å²) in [7, 11) is -4.01. The smallest absolute Gasteiger partial charge is 0.459 e. The molecule has 5 atom stereocenters. The van der Waals surface area contributed by atoms with Crippen LogP contribution >= 0.6 is 7.75 Å². The highest BCUT2D eigenvalue weighted by Crippen LogP contribution is 2.46. The van der Waals surface area contributed by atoms with Crippen molar-refractivity contribution in [2.45, 2.75) is 52.0 Å². The second-order valence-corrected chi connectivity index (χ2v) is 9.75. The lowest BCUT2D eigenvalue weighted by Gasteiger charge is -2.24. The van der Waals surface area contributed by atoms with E-state index < -0.39 is 37.8 Å². The maximum Gasteiger partial charge on any atom is 0.459 e. The van der Waals surface area contributed by atoms with Gasteiger partial charge in [0.25, 0.3) is 0 Å². The van der Waals surface area contributed by atoms with E-state index in [1.807, 2.05) is 13.8 Å². The maximum atomic E-state index is 13.5. The molecule has 0 bridgehead atoms. The van der Waals surface area contributed by atoms with Gasteiger partial charge in [-0.05, 0) is 31.9 Å². The number of nitrogens with one attached hydrogen (secondary N) is 1. The summed E-state index contributed by atoms with van der Waals surface area (Å²) in [5.41, 5.74) is -0.641. The van der Waals surface area contributed by atoms with Gasteiger partial charge in [-0.25, -0.2) is 9.36 Å². The van der Waals surface area contributed by atoms with Gasteiger partial charge in [-0.2, -0.15) is 10.1 Å². The molecule has 0 saturated carbocycles. The summed E-state index contributed by atoms with van der Waals surface area (Å²) < 4.78 is 37.2. The van der Waals surface area contributed by atoms with Crippen molar-refractivity contribution in [1.82, 2.24) is 14.6 Å². The third-order valence-corrected chi connectivity index (χ3v) is 6.74. The van der Waals surface area contributed by atoms with E-state index in [4.69, 9.17) is 18.5 Å². The monoisotopic (exact) mass is 495 g/mol. The number of nitrogens with zero attached hydrogens (tertiary/aromatic N) is 2. The van der Waals surface area contributed by atoms with E-state index in [-0.39, 0.29) is 25.0 Å². The number of benzene rings is 1. The Hall–Kier alpha value is -2.72. The van der Waals surface area contributed by atoms with Crippen molar-refractivity contribution >= 4 is 13.7 Å². The van der Waals surface area contributed by atoms with Crippen molar-refractivity contribution in [2.24, 2.45) is 5.92 Å². The fourth-order valence-electron chi connectivity index (χ4n) is 3.47. The van der Waals surface area contributed by atoms with Gasteiger partial charge in [-0.1, -0.05) is 32.0 Å². The number of aromatic nitrogens is 2. The zero-order chi connectivity index (χ0) is 24.7. The van der Waals surface area contributed by atoms with E-state index in [1.54, 1.807) is 30.3 Å². The highest BCUT2D eigenvalue weighted by molar-refractivity contribution is 7.52. The molecule has 1 unspecified atom stereocenters. The molecule has 0 aliphatic carbocycles. The van der Waals surface area contributed by atoms with Gasteiger partial charge < -0.3 is 19.1 Å². The van der Waals surface area contributed by atoms with Crippen LogP contribution in [0.2, 0.25) is 0 Å². The van der Waals surface area contributed by atoms with Crippen LogP contribution < -0.4 is 15.3 Å². The van der Waals surface area contributed by atoms with Crippen LogP contribution in [0, 0.1) is 5.92 Å².